The normalized spacial score (nSPS) is 12.7. The van der Waals surface area contributed by atoms with Gasteiger partial charge in [0, 0.05) is 0 Å². The number of carboxylic acids is 2. The molecule has 1 heterocycles. The molecule has 5 nitrogen and oxygen atoms in total. The van der Waals surface area contributed by atoms with Gasteiger partial charge in [0.25, 0.3) is 0 Å². The fourth-order valence-corrected chi connectivity index (χ4v) is 2.42. The van der Waals surface area contributed by atoms with E-state index in [1.54, 1.807) is 10.8 Å². The molecule has 0 saturated heterocycles. The number of hydrogen-bond acceptors (Lipinski definition) is 4. The second-order valence-corrected chi connectivity index (χ2v) is 3.87. The molecule has 1 aliphatic rings. The van der Waals surface area contributed by atoms with Crippen LogP contribution in [-0.2, 0) is 9.59 Å². The van der Waals surface area contributed by atoms with Crippen molar-refractivity contribution >= 4 is 84.3 Å². The largest absolute Gasteiger partial charge is 2.00 e. The fourth-order valence-electron chi connectivity index (χ4n) is 0.591. The first-order valence-electron chi connectivity index (χ1n) is 2.82. The Hall–Kier alpha value is 0.651. The molecule has 0 aromatic carbocycles. The third-order valence-corrected chi connectivity index (χ3v) is 3.17. The van der Waals surface area contributed by atoms with Crippen molar-refractivity contribution in [2.45, 2.75) is 0 Å². The first kappa shape index (κ1) is 17.1. The number of thioether (sulfide) groups is 2. The summed E-state index contributed by atoms with van der Waals surface area (Å²) < 4.78 is 0.301. The van der Waals surface area contributed by atoms with Crippen LogP contribution in [0, 0.1) is 0 Å². The van der Waals surface area contributed by atoms with E-state index in [0.29, 0.717) is 4.24 Å². The van der Waals surface area contributed by atoms with Gasteiger partial charge in [-0.3, -0.25) is 0 Å². The SMILES string of the molecule is O.O=C(O)C(C(=O)O)=C1SC=CS1.[Ba+2].[H-].[H-]. The molecule has 0 radical (unpaired) electrons. The number of carbonyl (C=O) groups is 2. The van der Waals surface area contributed by atoms with Crippen molar-refractivity contribution in [3.8, 4) is 0 Å². The van der Waals surface area contributed by atoms with Gasteiger partial charge in [-0.15, -0.1) is 0 Å². The summed E-state index contributed by atoms with van der Waals surface area (Å²) in [6, 6.07) is 0. The Balaban J connectivity index is -0.000000180. The minimum absolute atomic E-state index is 0. The second-order valence-electron chi connectivity index (χ2n) is 1.78. The van der Waals surface area contributed by atoms with E-state index in [2.05, 4.69) is 0 Å². The van der Waals surface area contributed by atoms with Crippen LogP contribution in [0.25, 0.3) is 0 Å². The summed E-state index contributed by atoms with van der Waals surface area (Å²) >= 11 is 2.22. The van der Waals surface area contributed by atoms with Crippen LogP contribution in [0.15, 0.2) is 20.6 Å². The second kappa shape index (κ2) is 7.88. The van der Waals surface area contributed by atoms with Crippen molar-refractivity contribution in [3.05, 3.63) is 20.6 Å². The van der Waals surface area contributed by atoms with E-state index in [9.17, 15) is 9.59 Å². The minimum Gasteiger partial charge on any atom is -1.00 e. The maximum Gasteiger partial charge on any atom is 2.00 e. The van der Waals surface area contributed by atoms with Crippen molar-refractivity contribution in [3.63, 3.8) is 0 Å². The van der Waals surface area contributed by atoms with Crippen LogP contribution < -0.4 is 0 Å². The van der Waals surface area contributed by atoms with Crippen molar-refractivity contribution in [1.29, 1.82) is 0 Å². The van der Waals surface area contributed by atoms with Gasteiger partial charge in [0.15, 0.2) is 5.57 Å². The molecule has 0 bridgehead atoms. The maximum atomic E-state index is 10.4. The summed E-state index contributed by atoms with van der Waals surface area (Å²) in [4.78, 5) is 20.9. The summed E-state index contributed by atoms with van der Waals surface area (Å²) in [6.07, 6.45) is 0. The molecule has 0 atom stereocenters. The van der Waals surface area contributed by atoms with E-state index in [0.717, 1.165) is 23.5 Å². The van der Waals surface area contributed by atoms with Crippen molar-refractivity contribution in [1.82, 2.24) is 0 Å². The number of aliphatic carboxylic acids is 2. The van der Waals surface area contributed by atoms with E-state index >= 15 is 0 Å². The van der Waals surface area contributed by atoms with Crippen molar-refractivity contribution in [2.24, 2.45) is 0 Å². The molecule has 0 aromatic rings. The molecule has 1 rings (SSSR count). The molecule has 76 valence electrons. The average Bonchev–Trinajstić information content (AvgIpc) is 2.37. The quantitative estimate of drug-likeness (QED) is 0.318. The number of carboxylic acid groups (broad SMARTS) is 2. The van der Waals surface area contributed by atoms with Gasteiger partial charge in [-0.2, -0.15) is 0 Å². The molecule has 4 N–H and O–H groups in total. The summed E-state index contributed by atoms with van der Waals surface area (Å²) in [6.45, 7) is 0. The zero-order valence-electron chi connectivity index (χ0n) is 8.89. The summed E-state index contributed by atoms with van der Waals surface area (Å²) in [5.41, 5.74) is -0.560. The summed E-state index contributed by atoms with van der Waals surface area (Å²) in [5.74, 6) is -2.80. The van der Waals surface area contributed by atoms with E-state index in [1.807, 2.05) is 0 Å². The minimum atomic E-state index is -1.40. The standard InChI is InChI=1S/C6H4O4S2.Ba.H2O.2H/c7-4(8)3(5(9)10)6-11-1-2-12-6;;;;/h1-2H,(H,7,8)(H,9,10);;1H2;;/q;+2;;2*-1. The molecular weight excluding hydrogens is 354 g/mol. The van der Waals surface area contributed by atoms with Gasteiger partial charge in [-0.05, 0) is 10.8 Å². The predicted octanol–water partition coefficient (Wildman–Crippen LogP) is 0.338. The van der Waals surface area contributed by atoms with Crippen LogP contribution in [-0.4, -0.2) is 76.5 Å². The first-order valence-corrected chi connectivity index (χ1v) is 4.58. The summed E-state index contributed by atoms with van der Waals surface area (Å²) in [7, 11) is 0. The molecule has 0 spiro atoms. The van der Waals surface area contributed by atoms with Gasteiger partial charge in [0.05, 0.1) is 4.24 Å². The molecule has 0 saturated carbocycles. The van der Waals surface area contributed by atoms with Gasteiger partial charge in [0.2, 0.25) is 0 Å². The van der Waals surface area contributed by atoms with Gasteiger partial charge in [0.1, 0.15) is 0 Å². The Kier molecular flexibility index (Phi) is 9.60. The fraction of sp³-hybridized carbons (Fsp3) is 0. The number of rotatable bonds is 2. The van der Waals surface area contributed by atoms with Crippen molar-refractivity contribution in [2.75, 3.05) is 0 Å². The van der Waals surface area contributed by atoms with Gasteiger partial charge in [-0.1, -0.05) is 23.5 Å². The topological polar surface area (TPSA) is 106 Å². The molecule has 0 aliphatic carbocycles. The predicted molar refractivity (Wildman–Crippen MR) is 58.2 cm³/mol. The van der Waals surface area contributed by atoms with E-state index in [4.69, 9.17) is 10.2 Å². The molecule has 0 fully saturated rings. The zero-order valence-corrected chi connectivity index (χ0v) is 13.0. The Labute approximate surface area is 131 Å². The maximum absolute atomic E-state index is 10.4. The van der Waals surface area contributed by atoms with E-state index in [1.165, 1.54) is 0 Å². The van der Waals surface area contributed by atoms with Crippen LogP contribution >= 0.6 is 23.5 Å². The van der Waals surface area contributed by atoms with Gasteiger partial charge < -0.3 is 18.5 Å². The number of hydrogen-bond donors (Lipinski definition) is 2. The van der Waals surface area contributed by atoms with Crippen LogP contribution in [0.5, 0.6) is 0 Å². The average molecular weight is 362 g/mol. The van der Waals surface area contributed by atoms with Crippen LogP contribution in [0.4, 0.5) is 0 Å². The Bertz CT molecular complexity index is 281. The molecule has 0 amide bonds. The van der Waals surface area contributed by atoms with E-state index < -0.39 is 17.5 Å². The smallest absolute Gasteiger partial charge is 1.00 e. The Morgan fingerprint density at radius 1 is 1.14 bits per heavy atom. The monoisotopic (exact) mass is 362 g/mol. The molecule has 0 aromatic heterocycles. The zero-order chi connectivity index (χ0) is 9.14. The third-order valence-electron chi connectivity index (χ3n) is 1.04. The Morgan fingerprint density at radius 2 is 1.50 bits per heavy atom. The van der Waals surface area contributed by atoms with Gasteiger partial charge in [-0.25, -0.2) is 9.59 Å². The molecule has 8 heteroatoms. The molecule has 1 aliphatic heterocycles. The van der Waals surface area contributed by atoms with Crippen LogP contribution in [0.2, 0.25) is 0 Å². The van der Waals surface area contributed by atoms with Crippen molar-refractivity contribution < 1.29 is 28.1 Å². The van der Waals surface area contributed by atoms with Crippen LogP contribution in [0.3, 0.4) is 0 Å². The summed E-state index contributed by atoms with van der Waals surface area (Å²) in [5, 5.41) is 20.3. The van der Waals surface area contributed by atoms with E-state index in [-0.39, 0.29) is 57.2 Å². The van der Waals surface area contributed by atoms with Gasteiger partial charge >= 0.3 is 60.8 Å². The molecule has 14 heavy (non-hydrogen) atoms. The molecular formula is C6H8BaO5S2. The third kappa shape index (κ3) is 4.45. The Morgan fingerprint density at radius 3 is 1.79 bits per heavy atom. The first-order chi connectivity index (χ1) is 5.63. The molecule has 0 unspecified atom stereocenters. The van der Waals surface area contributed by atoms with Crippen LogP contribution in [0.1, 0.15) is 2.85 Å².